The molecule has 0 radical (unpaired) electrons. The largest absolute Gasteiger partial charge is 0.453 e. The van der Waals surface area contributed by atoms with Gasteiger partial charge in [0.2, 0.25) is 5.91 Å². The number of hydrogen-bond acceptors (Lipinski definition) is 8. The zero-order valence-corrected chi connectivity index (χ0v) is 25.4. The Hall–Kier alpha value is -4.52. The van der Waals surface area contributed by atoms with Gasteiger partial charge in [0.1, 0.15) is 18.2 Å². The lowest BCUT2D eigenvalue weighted by molar-refractivity contribution is -0.145. The Bertz CT molecular complexity index is 1660. The van der Waals surface area contributed by atoms with Gasteiger partial charge >= 0.3 is 6.09 Å². The van der Waals surface area contributed by atoms with Gasteiger partial charge < -0.3 is 34.4 Å². The van der Waals surface area contributed by atoms with E-state index < -0.39 is 11.9 Å². The number of methoxy groups -OCH3 is 1. The third-order valence-corrected chi connectivity index (χ3v) is 9.03. The molecule has 0 bridgehead atoms. The van der Waals surface area contributed by atoms with Gasteiger partial charge in [-0.1, -0.05) is 48.5 Å². The monoisotopic (exact) mass is 611 g/mol. The lowest BCUT2D eigenvalue weighted by Gasteiger charge is -2.23. The van der Waals surface area contributed by atoms with Crippen LogP contribution in [0.25, 0.3) is 33.6 Å². The second-order valence-corrected chi connectivity index (χ2v) is 11.9. The van der Waals surface area contributed by atoms with Gasteiger partial charge in [0.25, 0.3) is 0 Å². The van der Waals surface area contributed by atoms with Crippen LogP contribution >= 0.6 is 0 Å². The first kappa shape index (κ1) is 29.2. The second-order valence-electron chi connectivity index (χ2n) is 11.9. The van der Waals surface area contributed by atoms with E-state index in [1.807, 2.05) is 12.4 Å². The summed E-state index contributed by atoms with van der Waals surface area (Å²) in [5.74, 6) is 1.00. The van der Waals surface area contributed by atoms with Crippen LogP contribution in [0.2, 0.25) is 0 Å². The van der Waals surface area contributed by atoms with Crippen molar-refractivity contribution in [2.45, 2.75) is 37.1 Å². The standard InChI is InChI=1S/C33H37N7O5/c1-39-20-33(44-14-15-45-33)16-28(39)31-35-18-26(38-31)24-11-7-22(8-12-24)21-5-9-23(10-6-21)25-17-34-30(37-25)27-4-3-13-40(27)29(41)19-36-32(42)43-2/h5-12,17-18,27-28H,3-4,13-16,19-20H2,1-2H3,(H,34,37)(H,35,38)(H,36,42)/t27-,28-/m0/s1. The van der Waals surface area contributed by atoms with Crippen LogP contribution in [0, 0.1) is 0 Å². The molecule has 2 aromatic heterocycles. The molecule has 2 atom stereocenters. The molecule has 12 nitrogen and oxygen atoms in total. The van der Waals surface area contributed by atoms with Crippen LogP contribution in [0.4, 0.5) is 4.79 Å². The lowest BCUT2D eigenvalue weighted by Crippen LogP contribution is -2.40. The average molecular weight is 612 g/mol. The van der Waals surface area contributed by atoms with Crippen molar-refractivity contribution < 1.29 is 23.8 Å². The molecule has 3 fully saturated rings. The van der Waals surface area contributed by atoms with E-state index in [1.165, 1.54) is 7.11 Å². The molecule has 0 unspecified atom stereocenters. The Morgan fingerprint density at radius 3 is 2.04 bits per heavy atom. The van der Waals surface area contributed by atoms with Crippen molar-refractivity contribution in [3.8, 4) is 33.6 Å². The van der Waals surface area contributed by atoms with Crippen LogP contribution in [-0.4, -0.2) is 94.5 Å². The van der Waals surface area contributed by atoms with Crippen molar-refractivity contribution in [2.75, 3.05) is 47.0 Å². The van der Waals surface area contributed by atoms with Crippen molar-refractivity contribution in [1.29, 1.82) is 0 Å². The number of H-pyrrole nitrogens is 2. The molecule has 4 aromatic rings. The number of imidazole rings is 2. The summed E-state index contributed by atoms with van der Waals surface area (Å²) in [7, 11) is 3.36. The molecule has 2 aromatic carbocycles. The number of hydrogen-bond donors (Lipinski definition) is 3. The van der Waals surface area contributed by atoms with E-state index >= 15 is 0 Å². The summed E-state index contributed by atoms with van der Waals surface area (Å²) in [6.07, 6.45) is 5.54. The molecule has 45 heavy (non-hydrogen) atoms. The first-order chi connectivity index (χ1) is 21.9. The molecule has 0 aliphatic carbocycles. The van der Waals surface area contributed by atoms with Gasteiger partial charge in [-0.3, -0.25) is 9.69 Å². The third-order valence-electron chi connectivity index (χ3n) is 9.03. The van der Waals surface area contributed by atoms with Crippen LogP contribution in [0.15, 0.2) is 60.9 Å². The van der Waals surface area contributed by atoms with Crippen LogP contribution in [0.1, 0.15) is 43.0 Å². The van der Waals surface area contributed by atoms with Crippen LogP contribution < -0.4 is 5.32 Å². The topological polar surface area (TPSA) is 138 Å². The third kappa shape index (κ3) is 5.84. The summed E-state index contributed by atoms with van der Waals surface area (Å²) >= 11 is 0. The summed E-state index contributed by atoms with van der Waals surface area (Å²) in [5.41, 5.74) is 6.17. The summed E-state index contributed by atoms with van der Waals surface area (Å²) < 4.78 is 16.4. The number of likely N-dealkylation sites (tertiary alicyclic amines) is 2. The van der Waals surface area contributed by atoms with E-state index in [-0.39, 0.29) is 24.5 Å². The summed E-state index contributed by atoms with van der Waals surface area (Å²) in [4.78, 5) is 44.3. The number of likely N-dealkylation sites (N-methyl/N-ethyl adjacent to an activating group) is 1. The number of aromatic amines is 2. The highest BCUT2D eigenvalue weighted by atomic mass is 16.7. The van der Waals surface area contributed by atoms with Crippen molar-refractivity contribution in [3.63, 3.8) is 0 Å². The number of ether oxygens (including phenoxy) is 3. The van der Waals surface area contributed by atoms with E-state index in [4.69, 9.17) is 14.5 Å². The Morgan fingerprint density at radius 2 is 1.47 bits per heavy atom. The van der Waals surface area contributed by atoms with E-state index in [2.05, 4.69) is 85.5 Å². The van der Waals surface area contributed by atoms with Crippen molar-refractivity contribution in [2.24, 2.45) is 0 Å². The second kappa shape index (κ2) is 12.1. The van der Waals surface area contributed by atoms with Crippen molar-refractivity contribution >= 4 is 12.0 Å². The number of nitrogens with zero attached hydrogens (tertiary/aromatic N) is 4. The fourth-order valence-corrected chi connectivity index (χ4v) is 6.68. The molecule has 12 heteroatoms. The molecule has 3 N–H and O–H groups in total. The molecular formula is C33H37N7O5. The highest BCUT2D eigenvalue weighted by Gasteiger charge is 2.48. The first-order valence-corrected chi connectivity index (χ1v) is 15.3. The number of alkyl carbamates (subject to hydrolysis) is 1. The quantitative estimate of drug-likeness (QED) is 0.282. The number of rotatable bonds is 7. The van der Waals surface area contributed by atoms with Gasteiger partial charge in [-0.15, -0.1) is 0 Å². The molecule has 1 spiro atoms. The van der Waals surface area contributed by atoms with Gasteiger partial charge in [0.15, 0.2) is 5.79 Å². The lowest BCUT2D eigenvalue weighted by atomic mass is 10.0. The molecule has 2 amide bonds. The Labute approximate surface area is 261 Å². The minimum absolute atomic E-state index is 0.105. The smallest absolute Gasteiger partial charge is 0.407 e. The number of nitrogens with one attached hydrogen (secondary N) is 3. The van der Waals surface area contributed by atoms with Crippen LogP contribution in [-0.2, 0) is 19.0 Å². The van der Waals surface area contributed by atoms with Gasteiger partial charge in [-0.2, -0.15) is 0 Å². The summed E-state index contributed by atoms with van der Waals surface area (Å²) in [6, 6.07) is 16.8. The molecule has 3 saturated heterocycles. The number of amides is 2. The number of carbonyl (C=O) groups is 2. The van der Waals surface area contributed by atoms with Crippen molar-refractivity contribution in [1.82, 2.24) is 35.1 Å². The van der Waals surface area contributed by atoms with Gasteiger partial charge in [0.05, 0.1) is 62.7 Å². The fraction of sp³-hybridized carbons (Fsp3) is 0.394. The van der Waals surface area contributed by atoms with E-state index in [0.29, 0.717) is 19.8 Å². The summed E-state index contributed by atoms with van der Waals surface area (Å²) in [5, 5.41) is 2.47. The summed E-state index contributed by atoms with van der Waals surface area (Å²) in [6.45, 7) is 2.55. The molecule has 5 heterocycles. The number of benzene rings is 2. The average Bonchev–Trinajstić information content (AvgIpc) is 3.91. The first-order valence-electron chi connectivity index (χ1n) is 15.3. The number of aromatic nitrogens is 4. The normalized spacial score (nSPS) is 21.1. The van der Waals surface area contributed by atoms with Crippen LogP contribution in [0.5, 0.6) is 0 Å². The number of carbonyl (C=O) groups excluding carboxylic acids is 2. The fourth-order valence-electron chi connectivity index (χ4n) is 6.68. The maximum Gasteiger partial charge on any atom is 0.407 e. The zero-order valence-electron chi connectivity index (χ0n) is 25.4. The Kier molecular flexibility index (Phi) is 7.86. The minimum atomic E-state index is -0.623. The highest BCUT2D eigenvalue weighted by molar-refractivity contribution is 5.82. The van der Waals surface area contributed by atoms with E-state index in [1.54, 1.807) is 4.90 Å². The molecule has 234 valence electrons. The predicted octanol–water partition coefficient (Wildman–Crippen LogP) is 4.27. The van der Waals surface area contributed by atoms with Gasteiger partial charge in [-0.25, -0.2) is 14.8 Å². The van der Waals surface area contributed by atoms with Gasteiger partial charge in [0, 0.05) is 13.0 Å². The molecule has 3 aliphatic heterocycles. The SMILES string of the molecule is COC(=O)NCC(=O)N1CCC[C@H]1c1ncc(-c2ccc(-c3ccc(-c4cnc([C@@H]5CC6(CN5C)OCCO6)[nH]4)cc3)cc2)[nH]1. The maximum atomic E-state index is 12.7. The Balaban J connectivity index is 0.997. The van der Waals surface area contributed by atoms with Gasteiger partial charge in [-0.05, 0) is 42.1 Å². The maximum absolute atomic E-state index is 12.7. The van der Waals surface area contributed by atoms with Crippen molar-refractivity contribution in [3.05, 3.63) is 72.6 Å². The Morgan fingerprint density at radius 1 is 0.911 bits per heavy atom. The van der Waals surface area contributed by atoms with E-state index in [0.717, 1.165) is 71.1 Å². The minimum Gasteiger partial charge on any atom is -0.453 e. The van der Waals surface area contributed by atoms with E-state index in [9.17, 15) is 9.59 Å². The molecule has 0 saturated carbocycles. The molecule has 3 aliphatic rings. The predicted molar refractivity (Wildman–Crippen MR) is 166 cm³/mol. The van der Waals surface area contributed by atoms with Crippen LogP contribution in [0.3, 0.4) is 0 Å². The molecule has 7 rings (SSSR count). The highest BCUT2D eigenvalue weighted by Crippen LogP contribution is 2.41. The zero-order chi connectivity index (χ0) is 31.0. The molecular weight excluding hydrogens is 574 g/mol.